The minimum atomic E-state index is -0.305. The van der Waals surface area contributed by atoms with E-state index in [-0.39, 0.29) is 22.1 Å². The molecule has 22 heavy (non-hydrogen) atoms. The van der Waals surface area contributed by atoms with E-state index in [2.05, 4.69) is 23.7 Å². The highest BCUT2D eigenvalue weighted by Gasteiger charge is 2.36. The molecule has 1 saturated heterocycles. The molecule has 1 aromatic carbocycles. The topological polar surface area (TPSA) is 85.3 Å². The van der Waals surface area contributed by atoms with Crippen molar-refractivity contribution in [2.24, 2.45) is 11.1 Å². The van der Waals surface area contributed by atoms with Gasteiger partial charge in [0.25, 0.3) is 0 Å². The van der Waals surface area contributed by atoms with Crippen molar-refractivity contribution in [2.45, 2.75) is 26.3 Å². The second-order valence-electron chi connectivity index (χ2n) is 6.57. The van der Waals surface area contributed by atoms with Crippen LogP contribution in [0.4, 0.5) is 11.4 Å². The lowest BCUT2D eigenvalue weighted by Gasteiger charge is -2.43. The highest BCUT2D eigenvalue weighted by molar-refractivity contribution is 5.94. The van der Waals surface area contributed by atoms with Crippen molar-refractivity contribution in [2.75, 3.05) is 18.0 Å². The van der Waals surface area contributed by atoms with E-state index in [1.165, 1.54) is 0 Å². The third-order valence-corrected chi connectivity index (χ3v) is 4.57. The fraction of sp³-hybridized carbons (Fsp3) is 0.438. The summed E-state index contributed by atoms with van der Waals surface area (Å²) >= 11 is 0. The van der Waals surface area contributed by atoms with Crippen LogP contribution >= 0.6 is 0 Å². The minimum absolute atomic E-state index is 0.0734. The van der Waals surface area contributed by atoms with Crippen molar-refractivity contribution in [1.29, 1.82) is 0 Å². The Hall–Kier alpha value is -2.21. The summed E-state index contributed by atoms with van der Waals surface area (Å²) in [5, 5.41) is 12.2. The molecule has 0 bridgehead atoms. The van der Waals surface area contributed by atoms with Crippen LogP contribution < -0.4 is 10.6 Å². The summed E-state index contributed by atoms with van der Waals surface area (Å²) in [5.41, 5.74) is 7.54. The van der Waals surface area contributed by atoms with Crippen LogP contribution in [0.15, 0.2) is 30.5 Å². The number of fused-ring (bicyclic) bond motifs is 1. The van der Waals surface area contributed by atoms with Crippen molar-refractivity contribution in [1.82, 2.24) is 4.98 Å². The number of nitro groups is 1. The third kappa shape index (κ3) is 2.39. The molecule has 2 aromatic rings. The molecule has 6 heteroatoms. The highest BCUT2D eigenvalue weighted by atomic mass is 16.6. The number of anilines is 1. The molecular weight excluding hydrogens is 280 g/mol. The molecule has 1 aromatic heterocycles. The fourth-order valence-corrected chi connectivity index (χ4v) is 3.15. The fourth-order valence-electron chi connectivity index (χ4n) is 3.15. The zero-order valence-electron chi connectivity index (χ0n) is 12.8. The Morgan fingerprint density at radius 1 is 1.41 bits per heavy atom. The molecule has 0 amide bonds. The van der Waals surface area contributed by atoms with Gasteiger partial charge < -0.3 is 10.6 Å². The SMILES string of the molecule is CC1(C)CN(c2ccc3ncccc3c2[N+](=O)[O-])CCC1N. The molecule has 0 spiro atoms. The molecule has 0 radical (unpaired) electrons. The summed E-state index contributed by atoms with van der Waals surface area (Å²) in [4.78, 5) is 17.6. The zero-order chi connectivity index (χ0) is 15.9. The second-order valence-corrected chi connectivity index (χ2v) is 6.57. The number of hydrogen-bond donors (Lipinski definition) is 1. The molecule has 2 heterocycles. The van der Waals surface area contributed by atoms with E-state index < -0.39 is 0 Å². The van der Waals surface area contributed by atoms with Gasteiger partial charge in [0, 0.05) is 25.3 Å². The van der Waals surface area contributed by atoms with Crippen LogP contribution in [-0.2, 0) is 0 Å². The monoisotopic (exact) mass is 300 g/mol. The van der Waals surface area contributed by atoms with Gasteiger partial charge in [-0.3, -0.25) is 15.1 Å². The lowest BCUT2D eigenvalue weighted by atomic mass is 9.79. The van der Waals surface area contributed by atoms with Crippen molar-refractivity contribution < 1.29 is 4.92 Å². The van der Waals surface area contributed by atoms with E-state index in [4.69, 9.17) is 5.73 Å². The van der Waals surface area contributed by atoms with Crippen LogP contribution in [0.3, 0.4) is 0 Å². The summed E-state index contributed by atoms with van der Waals surface area (Å²) < 4.78 is 0. The number of piperidine rings is 1. The smallest absolute Gasteiger partial charge is 0.301 e. The molecule has 1 unspecified atom stereocenters. The van der Waals surface area contributed by atoms with Gasteiger partial charge in [0.1, 0.15) is 5.69 Å². The second kappa shape index (κ2) is 5.21. The Bertz CT molecular complexity index is 729. The van der Waals surface area contributed by atoms with Crippen LogP contribution in [0, 0.1) is 15.5 Å². The van der Waals surface area contributed by atoms with Gasteiger partial charge in [0.2, 0.25) is 0 Å². The molecule has 1 aliphatic rings. The summed E-state index contributed by atoms with van der Waals surface area (Å²) in [6, 6.07) is 7.25. The van der Waals surface area contributed by atoms with Gasteiger partial charge in [-0.2, -0.15) is 0 Å². The maximum Gasteiger partial charge on any atom is 0.301 e. The molecule has 116 valence electrons. The minimum Gasteiger partial charge on any atom is -0.365 e. The molecule has 1 atom stereocenters. The standard InChI is InChI=1S/C16H20N4O2/c1-16(2)10-19(9-7-14(16)17)13-6-5-12-11(4-3-8-18-12)15(13)20(21)22/h3-6,8,14H,7,9-10,17H2,1-2H3. The average molecular weight is 300 g/mol. The van der Waals surface area contributed by atoms with Gasteiger partial charge >= 0.3 is 5.69 Å². The first-order chi connectivity index (χ1) is 10.4. The predicted octanol–water partition coefficient (Wildman–Crippen LogP) is 2.71. The van der Waals surface area contributed by atoms with E-state index in [1.54, 1.807) is 24.4 Å². The lowest BCUT2D eigenvalue weighted by Crippen LogP contribution is -2.52. The molecule has 3 rings (SSSR count). The van der Waals surface area contributed by atoms with Gasteiger partial charge in [-0.1, -0.05) is 13.8 Å². The van der Waals surface area contributed by atoms with Crippen LogP contribution in [-0.4, -0.2) is 29.0 Å². The van der Waals surface area contributed by atoms with E-state index in [0.717, 1.165) is 13.0 Å². The van der Waals surface area contributed by atoms with Gasteiger partial charge in [-0.05, 0) is 36.1 Å². The molecule has 6 nitrogen and oxygen atoms in total. The highest BCUT2D eigenvalue weighted by Crippen LogP contribution is 2.39. The number of hydrogen-bond acceptors (Lipinski definition) is 5. The summed E-state index contributed by atoms with van der Waals surface area (Å²) in [7, 11) is 0. The number of aromatic nitrogens is 1. The Kier molecular flexibility index (Phi) is 3.48. The van der Waals surface area contributed by atoms with Gasteiger partial charge in [-0.25, -0.2) is 0 Å². The molecule has 1 aliphatic heterocycles. The predicted molar refractivity (Wildman–Crippen MR) is 87.0 cm³/mol. The van der Waals surface area contributed by atoms with E-state index in [9.17, 15) is 10.1 Å². The lowest BCUT2D eigenvalue weighted by molar-refractivity contribution is -0.382. The average Bonchev–Trinajstić information content (AvgIpc) is 2.48. The summed E-state index contributed by atoms with van der Waals surface area (Å²) in [6.45, 7) is 5.66. The molecule has 0 aliphatic carbocycles. The van der Waals surface area contributed by atoms with E-state index in [1.807, 2.05) is 6.07 Å². The third-order valence-electron chi connectivity index (χ3n) is 4.57. The van der Waals surface area contributed by atoms with Crippen LogP contribution in [0.5, 0.6) is 0 Å². The Morgan fingerprint density at radius 3 is 2.86 bits per heavy atom. The van der Waals surface area contributed by atoms with Gasteiger partial charge in [0.15, 0.2) is 0 Å². The number of rotatable bonds is 2. The number of nitro benzene ring substituents is 1. The number of pyridine rings is 1. The van der Waals surface area contributed by atoms with Crippen LogP contribution in [0.2, 0.25) is 0 Å². The molecule has 1 fully saturated rings. The van der Waals surface area contributed by atoms with Gasteiger partial charge in [-0.15, -0.1) is 0 Å². The first-order valence-electron chi connectivity index (χ1n) is 7.43. The van der Waals surface area contributed by atoms with E-state index in [0.29, 0.717) is 23.1 Å². The Balaban J connectivity index is 2.11. The van der Waals surface area contributed by atoms with Crippen molar-refractivity contribution in [3.63, 3.8) is 0 Å². The van der Waals surface area contributed by atoms with Crippen molar-refractivity contribution in [3.8, 4) is 0 Å². The quantitative estimate of drug-likeness (QED) is 0.681. The molecular formula is C16H20N4O2. The zero-order valence-corrected chi connectivity index (χ0v) is 12.8. The van der Waals surface area contributed by atoms with Crippen molar-refractivity contribution in [3.05, 3.63) is 40.6 Å². The largest absolute Gasteiger partial charge is 0.365 e. The van der Waals surface area contributed by atoms with Crippen molar-refractivity contribution >= 4 is 22.3 Å². The maximum absolute atomic E-state index is 11.6. The number of benzene rings is 1. The molecule has 2 N–H and O–H groups in total. The van der Waals surface area contributed by atoms with Crippen LogP contribution in [0.1, 0.15) is 20.3 Å². The molecule has 0 saturated carbocycles. The van der Waals surface area contributed by atoms with Crippen LogP contribution in [0.25, 0.3) is 10.9 Å². The summed E-state index contributed by atoms with van der Waals surface area (Å²) in [6.07, 6.45) is 2.48. The maximum atomic E-state index is 11.6. The summed E-state index contributed by atoms with van der Waals surface area (Å²) in [5.74, 6) is 0. The normalized spacial score (nSPS) is 21.0. The van der Waals surface area contributed by atoms with E-state index >= 15 is 0 Å². The number of nitrogens with two attached hydrogens (primary N) is 1. The Morgan fingerprint density at radius 2 is 2.18 bits per heavy atom. The Labute approximate surface area is 129 Å². The first kappa shape index (κ1) is 14.7. The number of nitrogens with zero attached hydrogens (tertiary/aromatic N) is 3. The van der Waals surface area contributed by atoms with Gasteiger partial charge in [0.05, 0.1) is 15.8 Å². The first-order valence-corrected chi connectivity index (χ1v) is 7.43.